The van der Waals surface area contributed by atoms with Crippen LogP contribution in [0.2, 0.25) is 0 Å². The van der Waals surface area contributed by atoms with Crippen LogP contribution < -0.4 is 0 Å². The first kappa shape index (κ1) is 35.4. The molecule has 2 unspecified atom stereocenters. The normalized spacial score (nSPS) is 13.4. The molecule has 35 heavy (non-hydrogen) atoms. The second kappa shape index (κ2) is 30.6. The molecule has 0 aromatic rings. The van der Waals surface area contributed by atoms with E-state index in [1.165, 1.54) is 180 Å². The summed E-state index contributed by atoms with van der Waals surface area (Å²) < 4.78 is 0. The van der Waals surface area contributed by atoms with Crippen molar-refractivity contribution in [3.05, 3.63) is 0 Å². The summed E-state index contributed by atoms with van der Waals surface area (Å²) in [5, 5.41) is 1.87. The first-order valence-electron chi connectivity index (χ1n) is 16.9. The number of rotatable bonds is 30. The van der Waals surface area contributed by atoms with E-state index in [0.29, 0.717) is 0 Å². The third kappa shape index (κ3) is 27.2. The Kier molecular flexibility index (Phi) is 30.9. The van der Waals surface area contributed by atoms with Crippen LogP contribution in [0.25, 0.3) is 0 Å². The third-order valence-electron chi connectivity index (χ3n) is 7.87. The average Bonchev–Trinajstić information content (AvgIpc) is 2.86. The molecule has 0 N–H and O–H groups in total. The van der Waals surface area contributed by atoms with Crippen molar-refractivity contribution in [2.24, 2.45) is 0 Å². The molecule has 0 aromatic carbocycles. The van der Waals surface area contributed by atoms with E-state index in [1.807, 2.05) is 0 Å². The van der Waals surface area contributed by atoms with Gasteiger partial charge in [-0.25, -0.2) is 0 Å². The third-order valence-corrected chi connectivity index (χ3v) is 9.58. The molecule has 0 saturated heterocycles. The van der Waals surface area contributed by atoms with Gasteiger partial charge >= 0.3 is 0 Å². The van der Waals surface area contributed by atoms with Crippen molar-refractivity contribution in [2.45, 2.75) is 218 Å². The molecule has 212 valence electrons. The first-order valence-corrected chi connectivity index (χ1v) is 17.9. The van der Waals surface area contributed by atoms with E-state index in [2.05, 4.69) is 39.5 Å². The van der Waals surface area contributed by atoms with Gasteiger partial charge in [0.05, 0.1) is 0 Å². The fraction of sp³-hybridized carbons (Fsp3) is 1.00. The molecule has 0 nitrogen and oxygen atoms in total. The van der Waals surface area contributed by atoms with Gasteiger partial charge in [0.25, 0.3) is 0 Å². The Balaban J connectivity index is 3.82. The largest absolute Gasteiger partial charge is 0.155 e. The van der Waals surface area contributed by atoms with Gasteiger partial charge in [0, 0.05) is 10.5 Å². The van der Waals surface area contributed by atoms with E-state index in [0.717, 1.165) is 10.5 Å². The summed E-state index contributed by atoms with van der Waals surface area (Å²) >= 11 is 2.40. The lowest BCUT2D eigenvalue weighted by Crippen LogP contribution is -2.12. The minimum Gasteiger partial charge on any atom is -0.155 e. The van der Waals surface area contributed by atoms with Crippen molar-refractivity contribution in [1.82, 2.24) is 0 Å². The van der Waals surface area contributed by atoms with Gasteiger partial charge in [-0.1, -0.05) is 182 Å². The van der Waals surface area contributed by atoms with Crippen LogP contribution in [0.3, 0.4) is 0 Å². The molecule has 1 heteroatoms. The van der Waals surface area contributed by atoms with E-state index in [9.17, 15) is 0 Å². The van der Waals surface area contributed by atoms with Crippen LogP contribution in [0.15, 0.2) is 0 Å². The summed E-state index contributed by atoms with van der Waals surface area (Å²) in [6.07, 6.45) is 40.8. The lowest BCUT2D eigenvalue weighted by atomic mass is 10.0. The molecule has 0 aliphatic heterocycles. The first-order chi connectivity index (χ1) is 17.3. The van der Waals surface area contributed by atoms with Crippen LogP contribution in [0.4, 0.5) is 0 Å². The Morgan fingerprint density at radius 1 is 0.286 bits per heavy atom. The predicted octanol–water partition coefficient (Wildman–Crippen LogP) is 13.5. The van der Waals surface area contributed by atoms with Gasteiger partial charge in [-0.2, -0.15) is 11.8 Å². The van der Waals surface area contributed by atoms with Crippen molar-refractivity contribution < 1.29 is 0 Å². The number of thioether (sulfide) groups is 1. The van der Waals surface area contributed by atoms with E-state index in [4.69, 9.17) is 0 Å². The van der Waals surface area contributed by atoms with Gasteiger partial charge in [0.15, 0.2) is 0 Å². The standard InChI is InChI=1S/C34H70S/c1-5-9-11-13-15-17-19-21-23-25-27-31-33(29-7-3)35-34(30-8-4)32-28-26-24-22-20-18-16-14-12-10-6-2/h33-34H,5-32H2,1-4H3. The van der Waals surface area contributed by atoms with Crippen molar-refractivity contribution in [3.63, 3.8) is 0 Å². The highest BCUT2D eigenvalue weighted by Crippen LogP contribution is 2.32. The van der Waals surface area contributed by atoms with Gasteiger partial charge in [0.2, 0.25) is 0 Å². The fourth-order valence-corrected chi connectivity index (χ4v) is 7.44. The topological polar surface area (TPSA) is 0 Å². The molecule has 0 rings (SSSR count). The zero-order valence-corrected chi connectivity index (χ0v) is 26.2. The SMILES string of the molecule is CCCCCCCCCCCCCC(CCC)SC(CCC)CCCCCCCCCCCCC. The molecule has 0 bridgehead atoms. The van der Waals surface area contributed by atoms with Gasteiger partial charge in [0.1, 0.15) is 0 Å². The number of hydrogen-bond donors (Lipinski definition) is 0. The summed E-state index contributed by atoms with van der Waals surface area (Å²) in [6, 6.07) is 0. The summed E-state index contributed by atoms with van der Waals surface area (Å²) in [7, 11) is 0. The van der Waals surface area contributed by atoms with E-state index in [1.54, 1.807) is 0 Å². The summed E-state index contributed by atoms with van der Waals surface area (Å²) in [4.78, 5) is 0. The van der Waals surface area contributed by atoms with Gasteiger partial charge in [-0.05, 0) is 25.7 Å². The second-order valence-corrected chi connectivity index (χ2v) is 13.2. The highest BCUT2D eigenvalue weighted by Gasteiger charge is 2.16. The summed E-state index contributed by atoms with van der Waals surface area (Å²) in [5.74, 6) is 0. The quantitative estimate of drug-likeness (QED) is 0.0865. The van der Waals surface area contributed by atoms with Crippen molar-refractivity contribution in [3.8, 4) is 0 Å². The lowest BCUT2D eigenvalue weighted by Gasteiger charge is -2.23. The van der Waals surface area contributed by atoms with Crippen molar-refractivity contribution in [2.75, 3.05) is 0 Å². The molecular weight excluding hydrogens is 440 g/mol. The Hall–Kier alpha value is 0.350. The van der Waals surface area contributed by atoms with Crippen LogP contribution in [0.5, 0.6) is 0 Å². The van der Waals surface area contributed by atoms with Crippen LogP contribution >= 0.6 is 11.8 Å². The van der Waals surface area contributed by atoms with E-state index >= 15 is 0 Å². The highest BCUT2D eigenvalue weighted by atomic mass is 32.2. The molecule has 0 fully saturated rings. The number of unbranched alkanes of at least 4 members (excludes halogenated alkanes) is 20. The van der Waals surface area contributed by atoms with Crippen molar-refractivity contribution >= 4 is 11.8 Å². The molecule has 0 aromatic heterocycles. The summed E-state index contributed by atoms with van der Waals surface area (Å²) in [6.45, 7) is 9.42. The zero-order chi connectivity index (χ0) is 25.7. The molecule has 0 aliphatic rings. The van der Waals surface area contributed by atoms with Crippen LogP contribution in [-0.2, 0) is 0 Å². The Morgan fingerprint density at radius 2 is 0.543 bits per heavy atom. The molecule has 0 aliphatic carbocycles. The highest BCUT2D eigenvalue weighted by molar-refractivity contribution is 8.00. The van der Waals surface area contributed by atoms with Crippen LogP contribution in [0.1, 0.15) is 207 Å². The van der Waals surface area contributed by atoms with E-state index in [-0.39, 0.29) is 0 Å². The molecule has 0 radical (unpaired) electrons. The van der Waals surface area contributed by atoms with Gasteiger partial charge < -0.3 is 0 Å². The van der Waals surface area contributed by atoms with Crippen molar-refractivity contribution in [1.29, 1.82) is 0 Å². The molecule has 0 amide bonds. The Morgan fingerprint density at radius 3 is 0.800 bits per heavy atom. The smallest absolute Gasteiger partial charge is 0.00497 e. The molecule has 2 atom stereocenters. The second-order valence-electron chi connectivity index (χ2n) is 11.6. The van der Waals surface area contributed by atoms with Crippen LogP contribution in [0, 0.1) is 0 Å². The predicted molar refractivity (Wildman–Crippen MR) is 167 cm³/mol. The molecule has 0 saturated carbocycles. The maximum atomic E-state index is 2.40. The average molecular weight is 511 g/mol. The number of hydrogen-bond acceptors (Lipinski definition) is 1. The van der Waals surface area contributed by atoms with E-state index < -0.39 is 0 Å². The maximum absolute atomic E-state index is 2.40. The molecule has 0 spiro atoms. The Labute approximate surface area is 229 Å². The molecule has 0 heterocycles. The fourth-order valence-electron chi connectivity index (χ4n) is 5.55. The molecular formula is C34H70S. The monoisotopic (exact) mass is 511 g/mol. The lowest BCUT2D eigenvalue weighted by molar-refractivity contribution is 0.532. The van der Waals surface area contributed by atoms with Gasteiger partial charge in [-0.15, -0.1) is 0 Å². The minimum atomic E-state index is 0.933. The Bertz CT molecular complexity index is 332. The van der Waals surface area contributed by atoms with Crippen LogP contribution in [-0.4, -0.2) is 10.5 Å². The minimum absolute atomic E-state index is 0.933. The maximum Gasteiger partial charge on any atom is 0.00497 e. The zero-order valence-electron chi connectivity index (χ0n) is 25.4. The summed E-state index contributed by atoms with van der Waals surface area (Å²) in [5.41, 5.74) is 0. The van der Waals surface area contributed by atoms with Gasteiger partial charge in [-0.3, -0.25) is 0 Å².